The van der Waals surface area contributed by atoms with Gasteiger partial charge in [-0.3, -0.25) is 14.5 Å². The largest absolute Gasteiger partial charge is 0.436 e. The van der Waals surface area contributed by atoms with Crippen LogP contribution in [-0.2, 0) is 26.2 Å². The molecule has 0 saturated carbocycles. The molecule has 10 nitrogen and oxygen atoms in total. The number of nitrogens with one attached hydrogen (secondary N) is 2. The van der Waals surface area contributed by atoms with Crippen LogP contribution in [0.4, 0.5) is 16.2 Å². The number of carbonyl (C=O) groups excluding carboxylic acids is 3. The Labute approximate surface area is 281 Å². The van der Waals surface area contributed by atoms with Gasteiger partial charge in [0.15, 0.2) is 6.10 Å². The number of fused-ring (bicyclic) bond motifs is 4. The van der Waals surface area contributed by atoms with E-state index >= 15 is 0 Å². The van der Waals surface area contributed by atoms with Crippen LogP contribution in [0.3, 0.4) is 0 Å². The van der Waals surface area contributed by atoms with Crippen molar-refractivity contribution in [2.24, 2.45) is 0 Å². The van der Waals surface area contributed by atoms with E-state index in [-0.39, 0.29) is 23.7 Å². The number of hydrogen-bond acceptors (Lipinski definition) is 7. The Bertz CT molecular complexity index is 1580. The predicted octanol–water partition coefficient (Wildman–Crippen LogP) is 3.75. The molecule has 0 aromatic heterocycles. The van der Waals surface area contributed by atoms with Crippen molar-refractivity contribution >= 4 is 40.9 Å². The van der Waals surface area contributed by atoms with Gasteiger partial charge in [0.1, 0.15) is 0 Å². The third kappa shape index (κ3) is 6.41. The monoisotopic (exact) mass is 658 g/mol. The maximum absolute atomic E-state index is 14.1. The molecule has 11 heteroatoms. The van der Waals surface area contributed by atoms with E-state index < -0.39 is 12.2 Å². The second-order valence-corrected chi connectivity index (χ2v) is 14.3. The van der Waals surface area contributed by atoms with Crippen molar-refractivity contribution in [1.29, 1.82) is 0 Å². The van der Waals surface area contributed by atoms with Crippen LogP contribution < -0.4 is 16.4 Å². The fourth-order valence-corrected chi connectivity index (χ4v) is 8.79. The summed E-state index contributed by atoms with van der Waals surface area (Å²) in [6.45, 7) is 3.61. The highest BCUT2D eigenvalue weighted by molar-refractivity contribution is 6.33. The Hall–Kier alpha value is -3.78. The van der Waals surface area contributed by atoms with Gasteiger partial charge in [0.25, 0.3) is 5.91 Å². The van der Waals surface area contributed by atoms with Crippen LogP contribution in [-0.4, -0.2) is 96.1 Å². The number of piperazine rings is 1. The van der Waals surface area contributed by atoms with E-state index in [0.717, 1.165) is 37.2 Å². The van der Waals surface area contributed by atoms with Crippen molar-refractivity contribution in [2.45, 2.75) is 81.0 Å². The number of amides is 3. The number of nitrogens with zero attached hydrogens (tertiary/aromatic N) is 3. The second-order valence-electron chi connectivity index (χ2n) is 13.9. The van der Waals surface area contributed by atoms with Crippen molar-refractivity contribution in [2.75, 3.05) is 50.3 Å². The van der Waals surface area contributed by atoms with Crippen LogP contribution in [0.1, 0.15) is 61.6 Å². The Morgan fingerprint density at radius 3 is 2.45 bits per heavy atom. The highest BCUT2D eigenvalue weighted by atomic mass is 35.5. The number of halogens is 1. The molecular formula is C36H43ClN6O4. The first kappa shape index (κ1) is 31.8. The van der Waals surface area contributed by atoms with Gasteiger partial charge < -0.3 is 30.9 Å². The normalized spacial score (nSPS) is 25.9. The topological polar surface area (TPSA) is 120 Å². The average molecular weight is 659 g/mol. The van der Waals surface area contributed by atoms with Gasteiger partial charge in [-0.25, -0.2) is 4.79 Å². The zero-order valence-corrected chi connectivity index (χ0v) is 27.4. The summed E-state index contributed by atoms with van der Waals surface area (Å²) in [5.41, 5.74) is 9.11. The molecule has 2 aromatic rings. The first-order valence-electron chi connectivity index (χ1n) is 16.9. The lowest BCUT2D eigenvalue weighted by atomic mass is 9.68. The molecule has 3 atom stereocenters. The van der Waals surface area contributed by atoms with Crippen LogP contribution >= 0.6 is 11.6 Å². The number of terminal acetylenes is 1. The van der Waals surface area contributed by atoms with E-state index in [0.29, 0.717) is 85.4 Å². The van der Waals surface area contributed by atoms with E-state index in [2.05, 4.69) is 27.5 Å². The number of hydrogen-bond donors (Lipinski definition) is 3. The van der Waals surface area contributed by atoms with Gasteiger partial charge in [-0.2, -0.15) is 0 Å². The lowest BCUT2D eigenvalue weighted by molar-refractivity contribution is -0.143. The Balaban J connectivity index is 1.04. The number of rotatable bonds is 5. The standard InChI is InChI=1S/C36H43ClN6O4/c1-2-24-17-23(18-29(37)33(24)38)19-31(34(45)42-15-13-41(14-16-42)27-20-25-7-8-26(21-27)39-25)47-35(46)43-11-9-36(10-12-43)22-32(44)40-30-6-4-3-5-28(30)36/h1,3-6,17-18,25-27,31,39H,7-16,19-22,38H2,(H,40,44)/t25?,26?,27?,31-/m1/s1. The summed E-state index contributed by atoms with van der Waals surface area (Å²) < 4.78 is 6.07. The number of nitrogen functional groups attached to an aromatic ring is 1. The highest BCUT2D eigenvalue weighted by Crippen LogP contribution is 2.45. The number of likely N-dealkylation sites (tertiary alicyclic amines) is 1. The molecule has 2 unspecified atom stereocenters. The van der Waals surface area contributed by atoms with E-state index in [1.54, 1.807) is 17.0 Å². The molecule has 1 spiro atoms. The molecule has 4 saturated heterocycles. The van der Waals surface area contributed by atoms with Crippen molar-refractivity contribution in [3.8, 4) is 12.3 Å². The zero-order valence-electron chi connectivity index (χ0n) is 26.7. The van der Waals surface area contributed by atoms with Gasteiger partial charge in [-0.05, 0) is 67.9 Å². The molecular weight excluding hydrogens is 616 g/mol. The third-order valence-electron chi connectivity index (χ3n) is 11.1. The van der Waals surface area contributed by atoms with Crippen LogP contribution in [0.5, 0.6) is 0 Å². The molecule has 3 amide bonds. The molecule has 5 heterocycles. The molecule has 2 aromatic carbocycles. The number of carbonyl (C=O) groups is 3. The Morgan fingerprint density at radius 2 is 1.74 bits per heavy atom. The van der Waals surface area contributed by atoms with Crippen LogP contribution in [0.15, 0.2) is 36.4 Å². The summed E-state index contributed by atoms with van der Waals surface area (Å²) in [6, 6.07) is 13.1. The third-order valence-corrected chi connectivity index (χ3v) is 11.4. The molecule has 47 heavy (non-hydrogen) atoms. The number of piperidine rings is 2. The molecule has 4 fully saturated rings. The molecule has 5 aliphatic heterocycles. The SMILES string of the molecule is C#Cc1cc(C[C@@H](OC(=O)N2CCC3(CC2)CC(=O)Nc2ccccc23)C(=O)N2CCN(C3CC4CCC(C3)N4)CC2)cc(Cl)c1N. The van der Waals surface area contributed by atoms with Gasteiger partial charge in [0, 0.05) is 86.9 Å². The van der Waals surface area contributed by atoms with Gasteiger partial charge in [-0.15, -0.1) is 6.42 Å². The summed E-state index contributed by atoms with van der Waals surface area (Å²) in [4.78, 5) is 46.4. The first-order chi connectivity index (χ1) is 22.7. The van der Waals surface area contributed by atoms with Crippen LogP contribution in [0.2, 0.25) is 5.02 Å². The highest BCUT2D eigenvalue weighted by Gasteiger charge is 2.44. The van der Waals surface area contributed by atoms with Crippen LogP contribution in [0, 0.1) is 12.3 Å². The fraction of sp³-hybridized carbons (Fsp3) is 0.528. The summed E-state index contributed by atoms with van der Waals surface area (Å²) in [5, 5.41) is 7.00. The lowest BCUT2D eigenvalue weighted by Crippen LogP contribution is -2.57. The van der Waals surface area contributed by atoms with E-state index in [1.807, 2.05) is 23.1 Å². The van der Waals surface area contributed by atoms with E-state index in [9.17, 15) is 14.4 Å². The minimum atomic E-state index is -1.05. The van der Waals surface area contributed by atoms with E-state index in [1.165, 1.54) is 12.8 Å². The average Bonchev–Trinajstić information content (AvgIpc) is 3.42. The molecule has 248 valence electrons. The maximum Gasteiger partial charge on any atom is 0.410 e. The molecule has 0 aliphatic carbocycles. The summed E-state index contributed by atoms with van der Waals surface area (Å²) in [7, 11) is 0. The quantitative estimate of drug-likeness (QED) is 0.331. The number of para-hydroxylation sites is 1. The predicted molar refractivity (Wildman–Crippen MR) is 181 cm³/mol. The van der Waals surface area contributed by atoms with Crippen molar-refractivity contribution in [3.05, 3.63) is 58.1 Å². The van der Waals surface area contributed by atoms with Crippen molar-refractivity contribution in [3.63, 3.8) is 0 Å². The summed E-state index contributed by atoms with van der Waals surface area (Å²) in [6.07, 6.45) is 10.7. The van der Waals surface area contributed by atoms with Gasteiger partial charge >= 0.3 is 6.09 Å². The summed E-state index contributed by atoms with van der Waals surface area (Å²) in [5.74, 6) is 2.34. The molecule has 0 radical (unpaired) electrons. The minimum absolute atomic E-state index is 0.00788. The lowest BCUT2D eigenvalue weighted by Gasteiger charge is -2.45. The Morgan fingerprint density at radius 1 is 1.04 bits per heavy atom. The number of nitrogens with two attached hydrogens (primary N) is 1. The molecule has 5 aliphatic rings. The van der Waals surface area contributed by atoms with E-state index in [4.69, 9.17) is 28.5 Å². The maximum atomic E-state index is 14.1. The smallest absolute Gasteiger partial charge is 0.410 e. The first-order valence-corrected chi connectivity index (χ1v) is 17.3. The number of ether oxygens (including phenoxy) is 1. The summed E-state index contributed by atoms with van der Waals surface area (Å²) >= 11 is 6.40. The molecule has 7 rings (SSSR count). The minimum Gasteiger partial charge on any atom is -0.436 e. The van der Waals surface area contributed by atoms with Gasteiger partial charge in [0.2, 0.25) is 5.91 Å². The molecule has 2 bridgehead atoms. The molecule has 4 N–H and O–H groups in total. The van der Waals surface area contributed by atoms with Crippen molar-refractivity contribution < 1.29 is 19.1 Å². The van der Waals surface area contributed by atoms with Gasteiger partial charge in [0.05, 0.1) is 10.7 Å². The fourth-order valence-electron chi connectivity index (χ4n) is 8.55. The zero-order chi connectivity index (χ0) is 32.7. The number of anilines is 2. The van der Waals surface area contributed by atoms with Crippen LogP contribution in [0.25, 0.3) is 0 Å². The van der Waals surface area contributed by atoms with Crippen molar-refractivity contribution in [1.82, 2.24) is 20.0 Å². The Kier molecular flexibility index (Phi) is 8.81. The second kappa shape index (κ2) is 13.0. The number of benzene rings is 2. The van der Waals surface area contributed by atoms with Gasteiger partial charge in [-0.1, -0.05) is 35.7 Å².